The van der Waals surface area contributed by atoms with Gasteiger partial charge in [-0.3, -0.25) is 0 Å². The minimum absolute atomic E-state index is 0.230. The van der Waals surface area contributed by atoms with Crippen molar-refractivity contribution in [2.24, 2.45) is 5.73 Å². The molecule has 2 rings (SSSR count). The Hall–Kier alpha value is -1.10. The van der Waals surface area contributed by atoms with Gasteiger partial charge in [0.1, 0.15) is 5.75 Å². The van der Waals surface area contributed by atoms with Crippen molar-refractivity contribution in [1.29, 1.82) is 0 Å². The highest BCUT2D eigenvalue weighted by Gasteiger charge is 2.34. The Morgan fingerprint density at radius 2 is 2.25 bits per heavy atom. The summed E-state index contributed by atoms with van der Waals surface area (Å²) in [7, 11) is 0. The van der Waals surface area contributed by atoms with Crippen LogP contribution in [0, 0.1) is 0 Å². The van der Waals surface area contributed by atoms with Crippen molar-refractivity contribution < 1.29 is 14.9 Å². The molecular weight excluding hydrogens is 206 g/mol. The van der Waals surface area contributed by atoms with Crippen LogP contribution in [0.1, 0.15) is 24.0 Å². The molecule has 0 saturated carbocycles. The molecule has 88 valence electrons. The van der Waals surface area contributed by atoms with Gasteiger partial charge in [0.05, 0.1) is 12.5 Å². The molecule has 1 aromatic rings. The van der Waals surface area contributed by atoms with Gasteiger partial charge in [0, 0.05) is 6.04 Å². The second-order valence-corrected chi connectivity index (χ2v) is 4.10. The highest BCUT2D eigenvalue weighted by atomic mass is 16.5. The van der Waals surface area contributed by atoms with Crippen LogP contribution in [0.2, 0.25) is 0 Å². The summed E-state index contributed by atoms with van der Waals surface area (Å²) in [6.45, 7) is 2.51. The van der Waals surface area contributed by atoms with Gasteiger partial charge in [-0.25, -0.2) is 0 Å². The predicted octanol–water partition coefficient (Wildman–Crippen LogP) is 0.363. The first kappa shape index (κ1) is 11.4. The molecule has 4 heteroatoms. The Bertz CT molecular complexity index is 379. The minimum Gasteiger partial charge on any atom is -0.494 e. The van der Waals surface area contributed by atoms with Gasteiger partial charge in [-0.1, -0.05) is 6.07 Å². The first-order valence-corrected chi connectivity index (χ1v) is 5.50. The van der Waals surface area contributed by atoms with E-state index in [2.05, 4.69) is 0 Å². The standard InChI is InChI=1S/C12H17NO3/c1-2-16-8-4-3-7-5-10(13)11(12(14)15)9(7)6-8/h3-4,6,10-12,14-15H,2,5,13H2,1H3. The van der Waals surface area contributed by atoms with Crippen LogP contribution in [0.25, 0.3) is 0 Å². The van der Waals surface area contributed by atoms with Crippen molar-refractivity contribution >= 4 is 0 Å². The van der Waals surface area contributed by atoms with Crippen LogP contribution in [0.3, 0.4) is 0 Å². The molecule has 4 nitrogen and oxygen atoms in total. The van der Waals surface area contributed by atoms with E-state index in [4.69, 9.17) is 10.5 Å². The van der Waals surface area contributed by atoms with Gasteiger partial charge in [-0.05, 0) is 36.6 Å². The molecule has 0 bridgehead atoms. The van der Waals surface area contributed by atoms with Crippen LogP contribution in [0.5, 0.6) is 5.75 Å². The highest BCUT2D eigenvalue weighted by Crippen LogP contribution is 2.36. The number of hydrogen-bond acceptors (Lipinski definition) is 4. The molecule has 0 spiro atoms. The topological polar surface area (TPSA) is 75.7 Å². The van der Waals surface area contributed by atoms with Gasteiger partial charge in [-0.15, -0.1) is 0 Å². The zero-order valence-electron chi connectivity index (χ0n) is 9.26. The number of nitrogens with two attached hydrogens (primary N) is 1. The lowest BCUT2D eigenvalue weighted by molar-refractivity contribution is -0.0630. The molecule has 0 heterocycles. The van der Waals surface area contributed by atoms with Crippen LogP contribution in [0.4, 0.5) is 0 Å². The van der Waals surface area contributed by atoms with Gasteiger partial charge < -0.3 is 20.7 Å². The lowest BCUT2D eigenvalue weighted by atomic mass is 9.98. The second-order valence-electron chi connectivity index (χ2n) is 4.10. The van der Waals surface area contributed by atoms with E-state index in [-0.39, 0.29) is 6.04 Å². The van der Waals surface area contributed by atoms with Gasteiger partial charge in [0.2, 0.25) is 0 Å². The molecule has 0 saturated heterocycles. The zero-order valence-corrected chi connectivity index (χ0v) is 9.26. The number of aliphatic hydroxyl groups excluding tert-OH is 1. The molecule has 1 aliphatic carbocycles. The summed E-state index contributed by atoms with van der Waals surface area (Å²) < 4.78 is 5.39. The van der Waals surface area contributed by atoms with E-state index >= 15 is 0 Å². The van der Waals surface area contributed by atoms with Gasteiger partial charge in [0.15, 0.2) is 6.29 Å². The van der Waals surface area contributed by atoms with Gasteiger partial charge >= 0.3 is 0 Å². The molecule has 0 aromatic heterocycles. The van der Waals surface area contributed by atoms with E-state index in [0.29, 0.717) is 13.0 Å². The van der Waals surface area contributed by atoms with Crippen molar-refractivity contribution in [3.8, 4) is 5.75 Å². The van der Waals surface area contributed by atoms with E-state index in [1.165, 1.54) is 0 Å². The molecule has 1 aromatic carbocycles. The summed E-state index contributed by atoms with van der Waals surface area (Å²) in [6.07, 6.45) is -0.725. The van der Waals surface area contributed by atoms with Crippen molar-refractivity contribution in [3.05, 3.63) is 29.3 Å². The number of rotatable bonds is 3. The lowest BCUT2D eigenvalue weighted by Gasteiger charge is -2.18. The lowest BCUT2D eigenvalue weighted by Crippen LogP contribution is -2.32. The highest BCUT2D eigenvalue weighted by molar-refractivity contribution is 5.43. The predicted molar refractivity (Wildman–Crippen MR) is 60.3 cm³/mol. The van der Waals surface area contributed by atoms with E-state index in [1.807, 2.05) is 25.1 Å². The molecule has 0 aliphatic heterocycles. The third kappa shape index (κ3) is 1.91. The van der Waals surface area contributed by atoms with E-state index in [9.17, 15) is 10.2 Å². The number of benzene rings is 1. The van der Waals surface area contributed by atoms with E-state index < -0.39 is 12.2 Å². The summed E-state index contributed by atoms with van der Waals surface area (Å²) in [5, 5.41) is 18.6. The molecule has 4 N–H and O–H groups in total. The van der Waals surface area contributed by atoms with Crippen LogP contribution < -0.4 is 10.5 Å². The number of ether oxygens (including phenoxy) is 1. The van der Waals surface area contributed by atoms with Crippen molar-refractivity contribution in [3.63, 3.8) is 0 Å². The Kier molecular flexibility index (Phi) is 3.14. The molecule has 0 radical (unpaired) electrons. The summed E-state index contributed by atoms with van der Waals surface area (Å²) in [4.78, 5) is 0. The molecule has 2 unspecified atom stereocenters. The SMILES string of the molecule is CCOc1ccc2c(c1)C(C(O)O)C(N)C2. The zero-order chi connectivity index (χ0) is 11.7. The fourth-order valence-corrected chi connectivity index (χ4v) is 2.32. The minimum atomic E-state index is -1.41. The van der Waals surface area contributed by atoms with Crippen molar-refractivity contribution in [2.45, 2.75) is 31.6 Å². The van der Waals surface area contributed by atoms with E-state index in [1.54, 1.807) is 0 Å². The Morgan fingerprint density at radius 1 is 1.50 bits per heavy atom. The number of aliphatic hydroxyl groups is 2. The molecule has 0 fully saturated rings. The van der Waals surface area contributed by atoms with Crippen LogP contribution in [-0.4, -0.2) is 29.2 Å². The molecule has 16 heavy (non-hydrogen) atoms. The average molecular weight is 223 g/mol. The summed E-state index contributed by atoms with van der Waals surface area (Å²) in [5.74, 6) is 0.344. The maximum absolute atomic E-state index is 9.32. The molecule has 0 amide bonds. The summed E-state index contributed by atoms with van der Waals surface area (Å²) >= 11 is 0. The fraction of sp³-hybridized carbons (Fsp3) is 0.500. The van der Waals surface area contributed by atoms with E-state index in [0.717, 1.165) is 16.9 Å². The number of fused-ring (bicyclic) bond motifs is 1. The smallest absolute Gasteiger partial charge is 0.159 e. The first-order valence-electron chi connectivity index (χ1n) is 5.50. The Labute approximate surface area is 94.7 Å². The Morgan fingerprint density at radius 3 is 2.88 bits per heavy atom. The van der Waals surface area contributed by atoms with Gasteiger partial charge in [-0.2, -0.15) is 0 Å². The third-order valence-corrected chi connectivity index (χ3v) is 3.03. The van der Waals surface area contributed by atoms with Crippen LogP contribution in [0.15, 0.2) is 18.2 Å². The first-order chi connectivity index (χ1) is 7.63. The van der Waals surface area contributed by atoms with Crippen molar-refractivity contribution in [1.82, 2.24) is 0 Å². The summed E-state index contributed by atoms with van der Waals surface area (Å²) in [5.41, 5.74) is 7.87. The third-order valence-electron chi connectivity index (χ3n) is 3.03. The maximum atomic E-state index is 9.32. The monoisotopic (exact) mass is 223 g/mol. The number of hydrogen-bond donors (Lipinski definition) is 3. The molecule has 1 aliphatic rings. The largest absolute Gasteiger partial charge is 0.494 e. The maximum Gasteiger partial charge on any atom is 0.159 e. The normalized spacial score (nSPS) is 23.6. The fourth-order valence-electron chi connectivity index (χ4n) is 2.32. The van der Waals surface area contributed by atoms with Crippen molar-refractivity contribution in [2.75, 3.05) is 6.61 Å². The average Bonchev–Trinajstić information content (AvgIpc) is 2.53. The van der Waals surface area contributed by atoms with Crippen LogP contribution in [-0.2, 0) is 6.42 Å². The molecule has 2 atom stereocenters. The summed E-state index contributed by atoms with van der Waals surface area (Å²) in [6, 6.07) is 5.46. The quantitative estimate of drug-likeness (QED) is 0.647. The molecular formula is C12H17NO3. The Balaban J connectivity index is 2.34. The van der Waals surface area contributed by atoms with Crippen LogP contribution >= 0.6 is 0 Å². The van der Waals surface area contributed by atoms with Gasteiger partial charge in [0.25, 0.3) is 0 Å². The second kappa shape index (κ2) is 4.41.